The third-order valence-electron chi connectivity index (χ3n) is 1.73. The van der Waals surface area contributed by atoms with E-state index in [4.69, 9.17) is 9.84 Å². The first-order valence-corrected chi connectivity index (χ1v) is 5.37. The molecule has 0 saturated carbocycles. The fraction of sp³-hybridized carbons (Fsp3) is 0.400. The topological polar surface area (TPSA) is 59.4 Å². The van der Waals surface area contributed by atoms with E-state index in [9.17, 15) is 4.79 Å². The largest absolute Gasteiger partial charge is 0.478 e. The lowest BCUT2D eigenvalue weighted by Crippen LogP contribution is -1.91. The average Bonchev–Trinajstić information content (AvgIpc) is 2.58. The standard InChI is InChI=1S/C10H13NO3S/c1-3-9-11-7(6-14-2)8(15-9)4-5-10(12)13/h4-5H,3,6H2,1-2H3,(H,12,13)/b5-4+. The predicted octanol–water partition coefficient (Wildman–Crippen LogP) is 1.95. The van der Waals surface area contributed by atoms with Crippen LogP contribution in [0.3, 0.4) is 0 Å². The number of ether oxygens (including phenoxy) is 1. The molecule has 0 aliphatic heterocycles. The molecule has 1 heterocycles. The molecule has 0 aromatic carbocycles. The van der Waals surface area contributed by atoms with E-state index in [1.165, 1.54) is 11.3 Å². The summed E-state index contributed by atoms with van der Waals surface area (Å²) in [5, 5.41) is 9.52. The van der Waals surface area contributed by atoms with Crippen molar-refractivity contribution in [3.63, 3.8) is 0 Å². The Morgan fingerprint density at radius 1 is 1.67 bits per heavy atom. The molecule has 0 spiro atoms. The molecule has 0 fully saturated rings. The highest BCUT2D eigenvalue weighted by molar-refractivity contribution is 7.12. The quantitative estimate of drug-likeness (QED) is 0.781. The fourth-order valence-corrected chi connectivity index (χ4v) is 2.00. The van der Waals surface area contributed by atoms with Crippen molar-refractivity contribution in [2.75, 3.05) is 7.11 Å². The van der Waals surface area contributed by atoms with Crippen molar-refractivity contribution in [1.29, 1.82) is 0 Å². The van der Waals surface area contributed by atoms with Crippen molar-refractivity contribution < 1.29 is 14.6 Å². The Balaban J connectivity index is 2.92. The molecule has 1 aromatic heterocycles. The fourth-order valence-electron chi connectivity index (χ4n) is 1.08. The Hall–Kier alpha value is -1.20. The van der Waals surface area contributed by atoms with Gasteiger partial charge < -0.3 is 9.84 Å². The first kappa shape index (κ1) is 11.9. The molecule has 0 bridgehead atoms. The molecular weight excluding hydrogens is 214 g/mol. The van der Waals surface area contributed by atoms with Crippen LogP contribution in [0.2, 0.25) is 0 Å². The Morgan fingerprint density at radius 2 is 2.40 bits per heavy atom. The minimum absolute atomic E-state index is 0.412. The van der Waals surface area contributed by atoms with Crippen molar-refractivity contribution in [3.8, 4) is 0 Å². The van der Waals surface area contributed by atoms with E-state index >= 15 is 0 Å². The van der Waals surface area contributed by atoms with Crippen LogP contribution < -0.4 is 0 Å². The molecule has 15 heavy (non-hydrogen) atoms. The number of thiazole rings is 1. The van der Waals surface area contributed by atoms with Gasteiger partial charge in [0.1, 0.15) is 0 Å². The number of hydrogen-bond acceptors (Lipinski definition) is 4. The zero-order chi connectivity index (χ0) is 11.3. The summed E-state index contributed by atoms with van der Waals surface area (Å²) in [5.41, 5.74) is 0.803. The molecule has 0 aliphatic carbocycles. The Morgan fingerprint density at radius 3 is 2.93 bits per heavy atom. The molecule has 4 nitrogen and oxygen atoms in total. The Bertz CT molecular complexity index is 371. The van der Waals surface area contributed by atoms with Crippen LogP contribution in [-0.2, 0) is 22.6 Å². The molecular formula is C10H13NO3S. The summed E-state index contributed by atoms with van der Waals surface area (Å²) in [6.45, 7) is 2.43. The van der Waals surface area contributed by atoms with E-state index in [0.29, 0.717) is 6.61 Å². The first-order chi connectivity index (χ1) is 7.17. The Kier molecular flexibility index (Phi) is 4.45. The lowest BCUT2D eigenvalue weighted by molar-refractivity contribution is -0.131. The molecule has 1 N–H and O–H groups in total. The number of methoxy groups -OCH3 is 1. The maximum atomic E-state index is 10.4. The van der Waals surface area contributed by atoms with Crippen LogP contribution in [0.1, 0.15) is 22.5 Å². The number of aromatic nitrogens is 1. The second-order valence-electron chi connectivity index (χ2n) is 2.88. The Labute approximate surface area is 92.2 Å². The van der Waals surface area contributed by atoms with E-state index in [1.807, 2.05) is 6.92 Å². The second-order valence-corrected chi connectivity index (χ2v) is 3.99. The number of rotatable bonds is 5. The summed E-state index contributed by atoms with van der Waals surface area (Å²) >= 11 is 1.50. The number of carboxylic acid groups (broad SMARTS) is 1. The average molecular weight is 227 g/mol. The zero-order valence-corrected chi connectivity index (χ0v) is 9.50. The number of aryl methyl sites for hydroxylation is 1. The van der Waals surface area contributed by atoms with Gasteiger partial charge in [-0.1, -0.05) is 6.92 Å². The number of carboxylic acids is 1. The van der Waals surface area contributed by atoms with Crippen LogP contribution in [0.25, 0.3) is 6.08 Å². The van der Waals surface area contributed by atoms with E-state index in [1.54, 1.807) is 13.2 Å². The summed E-state index contributed by atoms with van der Waals surface area (Å²) in [4.78, 5) is 15.6. The minimum atomic E-state index is -0.954. The highest BCUT2D eigenvalue weighted by Gasteiger charge is 2.07. The van der Waals surface area contributed by atoms with Crippen LogP contribution in [0.5, 0.6) is 0 Å². The monoisotopic (exact) mass is 227 g/mol. The second kappa shape index (κ2) is 5.63. The van der Waals surface area contributed by atoms with Gasteiger partial charge in [0.05, 0.1) is 22.2 Å². The molecule has 0 aliphatic rings. The van der Waals surface area contributed by atoms with Crippen molar-refractivity contribution in [3.05, 3.63) is 21.7 Å². The lowest BCUT2D eigenvalue weighted by Gasteiger charge is -1.94. The first-order valence-electron chi connectivity index (χ1n) is 4.56. The number of carbonyl (C=O) groups is 1. The molecule has 5 heteroatoms. The molecule has 1 rings (SSSR count). The van der Waals surface area contributed by atoms with Gasteiger partial charge in [-0.05, 0) is 12.5 Å². The summed E-state index contributed by atoms with van der Waals surface area (Å²) in [6.07, 6.45) is 3.53. The predicted molar refractivity (Wildman–Crippen MR) is 58.9 cm³/mol. The molecule has 0 atom stereocenters. The van der Waals surface area contributed by atoms with Crippen LogP contribution in [0, 0.1) is 0 Å². The summed E-state index contributed by atoms with van der Waals surface area (Å²) in [6, 6.07) is 0. The third-order valence-corrected chi connectivity index (χ3v) is 2.94. The van der Waals surface area contributed by atoms with Crippen molar-refractivity contribution in [2.45, 2.75) is 20.0 Å². The van der Waals surface area contributed by atoms with Gasteiger partial charge in [-0.15, -0.1) is 11.3 Å². The number of nitrogens with zero attached hydrogens (tertiary/aromatic N) is 1. The summed E-state index contributed by atoms with van der Waals surface area (Å²) in [5.74, 6) is -0.954. The van der Waals surface area contributed by atoms with Gasteiger partial charge in [-0.2, -0.15) is 0 Å². The van der Waals surface area contributed by atoms with Gasteiger partial charge >= 0.3 is 5.97 Å². The highest BCUT2D eigenvalue weighted by Crippen LogP contribution is 2.21. The van der Waals surface area contributed by atoms with Gasteiger partial charge in [0.25, 0.3) is 0 Å². The summed E-state index contributed by atoms with van der Waals surface area (Å²) < 4.78 is 5.00. The van der Waals surface area contributed by atoms with E-state index in [0.717, 1.165) is 28.1 Å². The highest BCUT2D eigenvalue weighted by atomic mass is 32.1. The van der Waals surface area contributed by atoms with E-state index < -0.39 is 5.97 Å². The van der Waals surface area contributed by atoms with Crippen molar-refractivity contribution >= 4 is 23.4 Å². The van der Waals surface area contributed by atoms with Gasteiger partial charge in [0.15, 0.2) is 0 Å². The smallest absolute Gasteiger partial charge is 0.328 e. The van der Waals surface area contributed by atoms with Crippen LogP contribution in [0.4, 0.5) is 0 Å². The molecule has 82 valence electrons. The van der Waals surface area contributed by atoms with Gasteiger partial charge in [0.2, 0.25) is 0 Å². The zero-order valence-electron chi connectivity index (χ0n) is 8.69. The van der Waals surface area contributed by atoms with Crippen molar-refractivity contribution in [2.24, 2.45) is 0 Å². The van der Waals surface area contributed by atoms with Gasteiger partial charge in [0, 0.05) is 13.2 Å². The SMILES string of the molecule is CCc1nc(COC)c(/C=C/C(=O)O)s1. The minimum Gasteiger partial charge on any atom is -0.478 e. The van der Waals surface area contributed by atoms with E-state index in [-0.39, 0.29) is 0 Å². The number of hydrogen-bond donors (Lipinski definition) is 1. The van der Waals surface area contributed by atoms with Crippen LogP contribution >= 0.6 is 11.3 Å². The third kappa shape index (κ3) is 3.45. The molecule has 0 saturated heterocycles. The van der Waals surface area contributed by atoms with Gasteiger partial charge in [-0.3, -0.25) is 0 Å². The molecule has 0 radical (unpaired) electrons. The summed E-state index contributed by atoms with van der Waals surface area (Å²) in [7, 11) is 1.59. The lowest BCUT2D eigenvalue weighted by atomic mass is 10.3. The maximum Gasteiger partial charge on any atom is 0.328 e. The molecule has 0 unspecified atom stereocenters. The maximum absolute atomic E-state index is 10.4. The van der Waals surface area contributed by atoms with Crippen molar-refractivity contribution in [1.82, 2.24) is 4.98 Å². The molecule has 1 aromatic rings. The van der Waals surface area contributed by atoms with E-state index in [2.05, 4.69) is 4.98 Å². The molecule has 0 amide bonds. The van der Waals surface area contributed by atoms with Crippen LogP contribution in [0.15, 0.2) is 6.08 Å². The normalized spacial score (nSPS) is 11.1. The van der Waals surface area contributed by atoms with Crippen LogP contribution in [-0.4, -0.2) is 23.2 Å². The van der Waals surface area contributed by atoms with Gasteiger partial charge in [-0.25, -0.2) is 9.78 Å². The number of aliphatic carboxylic acids is 1.